The Morgan fingerprint density at radius 3 is 2.28 bits per heavy atom. The number of halogens is 3. The third-order valence-electron chi connectivity index (χ3n) is 4.98. The minimum atomic E-state index is -1.65. The fourth-order valence-corrected chi connectivity index (χ4v) is 3.10. The number of anilines is 1. The minimum Gasteiger partial charge on any atom is -0.339 e. The number of hydrogen-bond donors (Lipinski definition) is 1. The summed E-state index contributed by atoms with van der Waals surface area (Å²) in [5, 5.41) is 2.24. The summed E-state index contributed by atoms with van der Waals surface area (Å²) in [6, 6.07) is 1.69. The highest BCUT2D eigenvalue weighted by atomic mass is 19.2. The van der Waals surface area contributed by atoms with E-state index in [1.54, 1.807) is 4.90 Å². The highest BCUT2D eigenvalue weighted by molar-refractivity contribution is 6.13. The first-order valence-corrected chi connectivity index (χ1v) is 8.35. The van der Waals surface area contributed by atoms with E-state index in [0.29, 0.717) is 25.9 Å². The molecular formula is C17H20F3N3O2. The maximum atomic E-state index is 13.7. The van der Waals surface area contributed by atoms with Crippen LogP contribution in [0.3, 0.4) is 0 Å². The van der Waals surface area contributed by atoms with Gasteiger partial charge in [-0.1, -0.05) is 6.92 Å². The summed E-state index contributed by atoms with van der Waals surface area (Å²) in [4.78, 5) is 29.1. The van der Waals surface area contributed by atoms with E-state index in [-0.39, 0.29) is 5.91 Å². The molecule has 2 amide bonds. The van der Waals surface area contributed by atoms with Crippen molar-refractivity contribution in [3.63, 3.8) is 0 Å². The van der Waals surface area contributed by atoms with Crippen LogP contribution in [-0.4, -0.2) is 54.3 Å². The predicted molar refractivity (Wildman–Crippen MR) is 85.3 cm³/mol. The first kappa shape index (κ1) is 17.7. The van der Waals surface area contributed by atoms with E-state index in [4.69, 9.17) is 0 Å². The van der Waals surface area contributed by atoms with E-state index in [9.17, 15) is 22.8 Å². The topological polar surface area (TPSA) is 52.7 Å². The molecular weight excluding hydrogens is 335 g/mol. The van der Waals surface area contributed by atoms with Crippen molar-refractivity contribution in [1.29, 1.82) is 0 Å². The van der Waals surface area contributed by atoms with Crippen molar-refractivity contribution >= 4 is 17.5 Å². The molecule has 5 nitrogen and oxygen atoms in total. The van der Waals surface area contributed by atoms with Crippen molar-refractivity contribution in [3.05, 3.63) is 29.6 Å². The molecule has 1 saturated carbocycles. The smallest absolute Gasteiger partial charge is 0.240 e. The summed E-state index contributed by atoms with van der Waals surface area (Å²) in [5.74, 6) is -5.39. The van der Waals surface area contributed by atoms with Crippen molar-refractivity contribution in [2.75, 3.05) is 38.0 Å². The van der Waals surface area contributed by atoms with Crippen LogP contribution < -0.4 is 5.32 Å². The van der Waals surface area contributed by atoms with Gasteiger partial charge in [-0.3, -0.25) is 9.59 Å². The minimum absolute atomic E-state index is 0.274. The second-order valence-corrected chi connectivity index (χ2v) is 6.49. The molecule has 1 aliphatic heterocycles. The molecule has 8 heteroatoms. The summed E-state index contributed by atoms with van der Waals surface area (Å²) in [6.45, 7) is 5.53. The molecule has 1 heterocycles. The molecule has 1 saturated heterocycles. The Labute approximate surface area is 143 Å². The molecule has 0 atom stereocenters. The van der Waals surface area contributed by atoms with Gasteiger partial charge in [0.15, 0.2) is 17.5 Å². The Bertz CT molecular complexity index is 699. The average molecular weight is 355 g/mol. The average Bonchev–Trinajstić information content (AvgIpc) is 3.43. The number of nitrogens with one attached hydrogen (secondary N) is 1. The SMILES string of the molecule is CCN1CCN(C(=O)C2(C(=O)Nc3ccc(F)c(F)c3F)CC2)CC1. The molecule has 0 aromatic heterocycles. The van der Waals surface area contributed by atoms with E-state index in [1.807, 2.05) is 6.92 Å². The number of carbonyl (C=O) groups is 2. The van der Waals surface area contributed by atoms with Gasteiger partial charge in [-0.25, -0.2) is 13.2 Å². The quantitative estimate of drug-likeness (QED) is 0.664. The first-order valence-electron chi connectivity index (χ1n) is 8.35. The van der Waals surface area contributed by atoms with Crippen LogP contribution in [0.25, 0.3) is 0 Å². The molecule has 1 aliphatic carbocycles. The molecule has 0 bridgehead atoms. The molecule has 1 aromatic carbocycles. The lowest BCUT2D eigenvalue weighted by molar-refractivity contribution is -0.143. The number of nitrogens with zero attached hydrogens (tertiary/aromatic N) is 2. The number of piperazine rings is 1. The molecule has 136 valence electrons. The van der Waals surface area contributed by atoms with Crippen molar-refractivity contribution < 1.29 is 22.8 Å². The van der Waals surface area contributed by atoms with Crippen LogP contribution in [0.4, 0.5) is 18.9 Å². The Balaban J connectivity index is 1.70. The number of rotatable bonds is 4. The zero-order valence-electron chi connectivity index (χ0n) is 13.9. The standard InChI is InChI=1S/C17H20F3N3O2/c1-2-22-7-9-23(10-8-22)16(25)17(5-6-17)15(24)21-12-4-3-11(18)13(19)14(12)20/h3-4H,2,5-10H2,1H3,(H,21,24). The summed E-state index contributed by atoms with van der Waals surface area (Å²) in [7, 11) is 0. The monoisotopic (exact) mass is 355 g/mol. The van der Waals surface area contributed by atoms with Crippen LogP contribution in [0.1, 0.15) is 19.8 Å². The number of hydrogen-bond acceptors (Lipinski definition) is 3. The van der Waals surface area contributed by atoms with Gasteiger partial charge in [0.25, 0.3) is 0 Å². The lowest BCUT2D eigenvalue weighted by Crippen LogP contribution is -2.52. The van der Waals surface area contributed by atoms with Gasteiger partial charge in [0.2, 0.25) is 11.8 Å². The Morgan fingerprint density at radius 2 is 1.72 bits per heavy atom. The first-order chi connectivity index (χ1) is 11.9. The van der Waals surface area contributed by atoms with Crippen molar-refractivity contribution in [2.45, 2.75) is 19.8 Å². The van der Waals surface area contributed by atoms with Crippen LogP contribution in [0.2, 0.25) is 0 Å². The fourth-order valence-electron chi connectivity index (χ4n) is 3.10. The molecule has 0 spiro atoms. The molecule has 0 radical (unpaired) electrons. The zero-order valence-corrected chi connectivity index (χ0v) is 13.9. The van der Waals surface area contributed by atoms with Gasteiger partial charge < -0.3 is 15.1 Å². The summed E-state index contributed by atoms with van der Waals surface area (Å²) in [6.07, 6.45) is 0.744. The molecule has 2 aliphatic rings. The maximum absolute atomic E-state index is 13.7. The number of carbonyl (C=O) groups excluding carboxylic acids is 2. The predicted octanol–water partition coefficient (Wildman–Crippen LogP) is 1.99. The van der Waals surface area contributed by atoms with Crippen molar-refractivity contribution in [2.24, 2.45) is 5.41 Å². The Hall–Kier alpha value is -2.09. The van der Waals surface area contributed by atoms with Crippen LogP contribution in [0.15, 0.2) is 12.1 Å². The molecule has 25 heavy (non-hydrogen) atoms. The summed E-state index contributed by atoms with van der Waals surface area (Å²) >= 11 is 0. The highest BCUT2D eigenvalue weighted by Crippen LogP contribution is 2.48. The van der Waals surface area contributed by atoms with E-state index in [1.165, 1.54) is 0 Å². The van der Waals surface area contributed by atoms with Crippen LogP contribution >= 0.6 is 0 Å². The maximum Gasteiger partial charge on any atom is 0.240 e. The van der Waals surface area contributed by atoms with Gasteiger partial charge in [0.1, 0.15) is 5.41 Å². The van der Waals surface area contributed by atoms with Crippen molar-refractivity contribution in [3.8, 4) is 0 Å². The fraction of sp³-hybridized carbons (Fsp3) is 0.529. The molecule has 2 fully saturated rings. The lowest BCUT2D eigenvalue weighted by atomic mass is 10.0. The van der Waals surface area contributed by atoms with E-state index in [0.717, 1.165) is 31.8 Å². The number of benzene rings is 1. The summed E-state index contributed by atoms with van der Waals surface area (Å²) < 4.78 is 40.0. The lowest BCUT2D eigenvalue weighted by Gasteiger charge is -2.35. The van der Waals surface area contributed by atoms with E-state index in [2.05, 4.69) is 10.2 Å². The van der Waals surface area contributed by atoms with Gasteiger partial charge in [0, 0.05) is 26.2 Å². The normalized spacial score (nSPS) is 19.6. The van der Waals surface area contributed by atoms with E-state index >= 15 is 0 Å². The largest absolute Gasteiger partial charge is 0.339 e. The molecule has 3 rings (SSSR count). The zero-order chi connectivity index (χ0) is 18.2. The van der Waals surface area contributed by atoms with E-state index < -0.39 is 34.5 Å². The van der Waals surface area contributed by atoms with Gasteiger partial charge in [-0.05, 0) is 31.5 Å². The van der Waals surface area contributed by atoms with Gasteiger partial charge in [-0.2, -0.15) is 0 Å². The molecule has 1 N–H and O–H groups in total. The second-order valence-electron chi connectivity index (χ2n) is 6.49. The third-order valence-corrected chi connectivity index (χ3v) is 4.98. The molecule has 0 unspecified atom stereocenters. The van der Waals surface area contributed by atoms with Gasteiger partial charge in [-0.15, -0.1) is 0 Å². The number of likely N-dealkylation sites (N-methyl/N-ethyl adjacent to an activating group) is 1. The third kappa shape index (κ3) is 3.22. The van der Waals surface area contributed by atoms with Crippen LogP contribution in [0, 0.1) is 22.9 Å². The summed E-state index contributed by atoms with van der Waals surface area (Å²) in [5.41, 5.74) is -1.68. The van der Waals surface area contributed by atoms with Crippen LogP contribution in [-0.2, 0) is 9.59 Å². The van der Waals surface area contributed by atoms with Crippen LogP contribution in [0.5, 0.6) is 0 Å². The number of amides is 2. The molecule has 1 aromatic rings. The Kier molecular flexibility index (Phi) is 4.73. The van der Waals surface area contributed by atoms with Gasteiger partial charge in [0.05, 0.1) is 5.69 Å². The second kappa shape index (κ2) is 6.67. The van der Waals surface area contributed by atoms with Gasteiger partial charge >= 0.3 is 0 Å². The highest BCUT2D eigenvalue weighted by Gasteiger charge is 2.58. The van der Waals surface area contributed by atoms with Crippen molar-refractivity contribution in [1.82, 2.24) is 9.80 Å². The Morgan fingerprint density at radius 1 is 1.08 bits per heavy atom.